The molecule has 4 heteroatoms. The highest BCUT2D eigenvalue weighted by molar-refractivity contribution is 5.43. The van der Waals surface area contributed by atoms with E-state index < -0.39 is 0 Å². The number of aryl methyl sites for hydroxylation is 1. The molecule has 21 heavy (non-hydrogen) atoms. The van der Waals surface area contributed by atoms with E-state index in [0.29, 0.717) is 12.3 Å². The lowest BCUT2D eigenvalue weighted by atomic mass is 10.1. The smallest absolute Gasteiger partial charge is 0.147 e. The summed E-state index contributed by atoms with van der Waals surface area (Å²) in [4.78, 5) is 4.00. The van der Waals surface area contributed by atoms with E-state index in [9.17, 15) is 0 Å². The van der Waals surface area contributed by atoms with Gasteiger partial charge in [0.15, 0.2) is 0 Å². The summed E-state index contributed by atoms with van der Waals surface area (Å²) >= 11 is 0. The van der Waals surface area contributed by atoms with Crippen molar-refractivity contribution in [2.75, 3.05) is 6.61 Å². The Balaban J connectivity index is 2.12. The summed E-state index contributed by atoms with van der Waals surface area (Å²) in [5.41, 5.74) is 2.90. The summed E-state index contributed by atoms with van der Waals surface area (Å²) in [6.45, 7) is 2.06. The molecule has 4 nitrogen and oxygen atoms in total. The van der Waals surface area contributed by atoms with Crippen LogP contribution in [0.3, 0.4) is 0 Å². The standard InChI is InChI=1S/C17H14N2O2/c1-13-10-14(4-3-9-20)6-7-17(13)21-12-15-5-2-8-19-16(15)11-18/h2,5-8,10,20H,9,12H2,1H3. The number of pyridine rings is 1. The minimum atomic E-state index is -0.157. The Bertz CT molecular complexity index is 736. The lowest BCUT2D eigenvalue weighted by molar-refractivity contribution is 0.303. The minimum absolute atomic E-state index is 0.157. The average molecular weight is 278 g/mol. The molecule has 104 valence electrons. The monoisotopic (exact) mass is 278 g/mol. The van der Waals surface area contributed by atoms with Gasteiger partial charge in [0, 0.05) is 17.3 Å². The van der Waals surface area contributed by atoms with Gasteiger partial charge < -0.3 is 9.84 Å². The first-order valence-electron chi connectivity index (χ1n) is 6.41. The van der Waals surface area contributed by atoms with E-state index in [4.69, 9.17) is 15.1 Å². The second kappa shape index (κ2) is 7.09. The third kappa shape index (κ3) is 3.82. The molecule has 1 N–H and O–H groups in total. The van der Waals surface area contributed by atoms with Gasteiger partial charge in [-0.15, -0.1) is 0 Å². The first kappa shape index (κ1) is 14.6. The number of hydrogen-bond acceptors (Lipinski definition) is 4. The number of nitrogens with zero attached hydrogens (tertiary/aromatic N) is 2. The lowest BCUT2D eigenvalue weighted by Crippen LogP contribution is -2.01. The summed E-state index contributed by atoms with van der Waals surface area (Å²) < 4.78 is 5.74. The summed E-state index contributed by atoms with van der Waals surface area (Å²) in [6, 6.07) is 11.2. The maximum atomic E-state index is 8.99. The van der Waals surface area contributed by atoms with Crippen LogP contribution in [0.15, 0.2) is 36.5 Å². The minimum Gasteiger partial charge on any atom is -0.489 e. The van der Waals surface area contributed by atoms with Crippen molar-refractivity contribution in [2.24, 2.45) is 0 Å². The van der Waals surface area contributed by atoms with Crippen molar-refractivity contribution in [2.45, 2.75) is 13.5 Å². The number of hydrogen-bond donors (Lipinski definition) is 1. The zero-order valence-electron chi connectivity index (χ0n) is 11.6. The fourth-order valence-corrected chi connectivity index (χ4v) is 1.84. The van der Waals surface area contributed by atoms with Crippen LogP contribution in [0.5, 0.6) is 5.75 Å². The molecule has 0 unspecified atom stereocenters. The Kier molecular flexibility index (Phi) is 4.93. The van der Waals surface area contributed by atoms with Crippen LogP contribution in [0, 0.1) is 30.1 Å². The lowest BCUT2D eigenvalue weighted by Gasteiger charge is -2.10. The summed E-state index contributed by atoms with van der Waals surface area (Å²) in [5, 5.41) is 17.7. The highest BCUT2D eigenvalue weighted by atomic mass is 16.5. The van der Waals surface area contributed by atoms with Crippen LogP contribution >= 0.6 is 0 Å². The van der Waals surface area contributed by atoms with Gasteiger partial charge in [-0.05, 0) is 36.8 Å². The van der Waals surface area contributed by atoms with E-state index in [2.05, 4.69) is 16.8 Å². The van der Waals surface area contributed by atoms with Crippen LogP contribution in [0.4, 0.5) is 0 Å². The van der Waals surface area contributed by atoms with Crippen LogP contribution in [0.25, 0.3) is 0 Å². The summed E-state index contributed by atoms with van der Waals surface area (Å²) in [6.07, 6.45) is 1.59. The third-order valence-corrected chi connectivity index (χ3v) is 2.87. The van der Waals surface area contributed by atoms with Gasteiger partial charge in [0.05, 0.1) is 0 Å². The second-order valence-corrected chi connectivity index (χ2v) is 4.35. The second-order valence-electron chi connectivity index (χ2n) is 4.35. The van der Waals surface area contributed by atoms with E-state index in [1.165, 1.54) is 0 Å². The number of rotatable bonds is 3. The van der Waals surface area contributed by atoms with E-state index in [0.717, 1.165) is 22.4 Å². The van der Waals surface area contributed by atoms with E-state index in [-0.39, 0.29) is 6.61 Å². The van der Waals surface area contributed by atoms with Gasteiger partial charge in [-0.25, -0.2) is 4.98 Å². The molecular weight excluding hydrogens is 264 g/mol. The molecule has 2 rings (SSSR count). The topological polar surface area (TPSA) is 66.1 Å². The van der Waals surface area contributed by atoms with Crippen molar-refractivity contribution in [1.29, 1.82) is 5.26 Å². The van der Waals surface area contributed by atoms with E-state index >= 15 is 0 Å². The average Bonchev–Trinajstić information content (AvgIpc) is 2.52. The Morgan fingerprint density at radius 2 is 2.19 bits per heavy atom. The van der Waals surface area contributed by atoms with Crippen LogP contribution in [0.2, 0.25) is 0 Å². The maximum Gasteiger partial charge on any atom is 0.147 e. The predicted molar refractivity (Wildman–Crippen MR) is 78.4 cm³/mol. The first-order chi connectivity index (χ1) is 10.2. The highest BCUT2D eigenvalue weighted by Gasteiger charge is 2.05. The van der Waals surface area contributed by atoms with Crippen LogP contribution in [-0.2, 0) is 6.61 Å². The summed E-state index contributed by atoms with van der Waals surface area (Å²) in [7, 11) is 0. The zero-order valence-corrected chi connectivity index (χ0v) is 11.6. The normalized spacial score (nSPS) is 9.38. The molecule has 0 atom stereocenters. The Morgan fingerprint density at radius 1 is 1.33 bits per heavy atom. The van der Waals surface area contributed by atoms with E-state index in [1.807, 2.05) is 37.3 Å². The molecule has 2 aromatic rings. The number of aliphatic hydroxyl groups is 1. The molecule has 0 saturated heterocycles. The Hall–Kier alpha value is -2.82. The largest absolute Gasteiger partial charge is 0.489 e. The molecule has 0 saturated carbocycles. The number of aromatic nitrogens is 1. The quantitative estimate of drug-likeness (QED) is 0.874. The Morgan fingerprint density at radius 3 is 2.90 bits per heavy atom. The van der Waals surface area contributed by atoms with Gasteiger partial charge in [0.25, 0.3) is 0 Å². The molecular formula is C17H14N2O2. The molecule has 0 spiro atoms. The number of aliphatic hydroxyl groups excluding tert-OH is 1. The SMILES string of the molecule is Cc1cc(C#CCO)ccc1OCc1cccnc1C#N. The van der Waals surface area contributed by atoms with Gasteiger partial charge in [0.1, 0.15) is 30.7 Å². The van der Waals surface area contributed by atoms with Crippen molar-refractivity contribution >= 4 is 0 Å². The molecule has 0 aliphatic heterocycles. The molecule has 0 aliphatic rings. The zero-order chi connectivity index (χ0) is 15.1. The van der Waals surface area contributed by atoms with Crippen LogP contribution in [-0.4, -0.2) is 16.7 Å². The number of nitriles is 1. The van der Waals surface area contributed by atoms with E-state index in [1.54, 1.807) is 12.3 Å². The molecule has 1 aromatic carbocycles. The molecule has 1 aromatic heterocycles. The number of ether oxygens (including phenoxy) is 1. The Labute approximate surface area is 123 Å². The molecule has 0 amide bonds. The molecule has 0 fully saturated rings. The van der Waals surface area contributed by atoms with Gasteiger partial charge in [-0.1, -0.05) is 17.9 Å². The van der Waals surface area contributed by atoms with Gasteiger partial charge in [0.2, 0.25) is 0 Å². The molecule has 0 bridgehead atoms. The van der Waals surface area contributed by atoms with Gasteiger partial charge in [-0.2, -0.15) is 5.26 Å². The molecule has 1 heterocycles. The molecule has 0 aliphatic carbocycles. The molecule has 0 radical (unpaired) electrons. The summed E-state index contributed by atoms with van der Waals surface area (Å²) in [5.74, 6) is 6.18. The van der Waals surface area contributed by atoms with Crippen molar-refractivity contribution in [1.82, 2.24) is 4.98 Å². The number of benzene rings is 1. The van der Waals surface area contributed by atoms with Gasteiger partial charge >= 0.3 is 0 Å². The highest BCUT2D eigenvalue weighted by Crippen LogP contribution is 2.20. The first-order valence-corrected chi connectivity index (χ1v) is 6.41. The fourth-order valence-electron chi connectivity index (χ4n) is 1.84. The maximum absolute atomic E-state index is 8.99. The van der Waals surface area contributed by atoms with Crippen LogP contribution < -0.4 is 4.74 Å². The fraction of sp³-hybridized carbons (Fsp3) is 0.176. The van der Waals surface area contributed by atoms with Gasteiger partial charge in [-0.3, -0.25) is 0 Å². The van der Waals surface area contributed by atoms with Crippen LogP contribution in [0.1, 0.15) is 22.4 Å². The van der Waals surface area contributed by atoms with Crippen molar-refractivity contribution < 1.29 is 9.84 Å². The van der Waals surface area contributed by atoms with Crippen molar-refractivity contribution in [3.8, 4) is 23.7 Å². The third-order valence-electron chi connectivity index (χ3n) is 2.87. The van der Waals surface area contributed by atoms with Crippen molar-refractivity contribution in [3.05, 3.63) is 58.9 Å². The van der Waals surface area contributed by atoms with Crippen molar-refractivity contribution in [3.63, 3.8) is 0 Å². The predicted octanol–water partition coefficient (Wildman–Crippen LogP) is 2.18.